The molecule has 1 aliphatic rings. The second kappa shape index (κ2) is 5.34. The van der Waals surface area contributed by atoms with E-state index < -0.39 is 15.8 Å². The minimum absolute atomic E-state index is 1.19. The first kappa shape index (κ1) is 13.7. The van der Waals surface area contributed by atoms with Gasteiger partial charge in [-0.25, -0.2) is 0 Å². The van der Waals surface area contributed by atoms with Crippen LogP contribution in [0.2, 0.25) is 30.7 Å². The molecule has 90 valence electrons. The third kappa shape index (κ3) is 2.68. The summed E-state index contributed by atoms with van der Waals surface area (Å²) in [5.41, 5.74) is 0. The molecule has 1 rings (SSSR count). The number of rotatable bonds is 4. The maximum atomic E-state index is 6.86. The summed E-state index contributed by atoms with van der Waals surface area (Å²) in [5, 5.41) is 0. The predicted octanol–water partition coefficient (Wildman–Crippen LogP) is 4.40. The van der Waals surface area contributed by atoms with Crippen LogP contribution in [0.1, 0.15) is 33.6 Å². The van der Waals surface area contributed by atoms with Gasteiger partial charge in [0.2, 0.25) is 7.55 Å². The van der Waals surface area contributed by atoms with E-state index in [9.17, 15) is 0 Å². The Morgan fingerprint density at radius 3 is 2.07 bits per heavy atom. The van der Waals surface area contributed by atoms with Gasteiger partial charge in [0.15, 0.2) is 0 Å². The number of hydrogen-bond acceptors (Lipinski definition) is 1. The van der Waals surface area contributed by atoms with Gasteiger partial charge in [-0.3, -0.25) is 0 Å². The zero-order valence-electron chi connectivity index (χ0n) is 10.8. The van der Waals surface area contributed by atoms with E-state index in [2.05, 4.69) is 31.5 Å². The average molecular weight is 264 g/mol. The van der Waals surface area contributed by atoms with Crippen LogP contribution in [0.25, 0.3) is 0 Å². The molecule has 1 aliphatic heterocycles. The van der Waals surface area contributed by atoms with Crippen LogP contribution >= 0.6 is 11.1 Å². The normalized spacial score (nSPS) is 29.4. The molecule has 0 aliphatic carbocycles. The van der Waals surface area contributed by atoms with Gasteiger partial charge in [0, 0.05) is 0 Å². The van der Waals surface area contributed by atoms with E-state index in [4.69, 9.17) is 11.1 Å². The molecule has 0 spiro atoms. The highest BCUT2D eigenvalue weighted by atomic mass is 35.6. The number of hydrogen-bond donors (Lipinski definition) is 0. The first-order valence-corrected chi connectivity index (χ1v) is 12.7. The van der Waals surface area contributed by atoms with E-state index in [1.54, 1.807) is 0 Å². The molecule has 1 nitrogen and oxygen atoms in total. The topological polar surface area (TPSA) is 3.24 Å². The van der Waals surface area contributed by atoms with Gasteiger partial charge in [-0.1, -0.05) is 27.2 Å². The van der Waals surface area contributed by atoms with E-state index in [0.29, 0.717) is 0 Å². The van der Waals surface area contributed by atoms with Crippen LogP contribution in [0.5, 0.6) is 0 Å². The van der Waals surface area contributed by atoms with Gasteiger partial charge in [-0.15, -0.1) is 11.1 Å². The molecule has 4 heteroatoms. The van der Waals surface area contributed by atoms with Crippen LogP contribution in [0.4, 0.5) is 0 Å². The highest BCUT2D eigenvalue weighted by Gasteiger charge is 2.46. The quantitative estimate of drug-likeness (QED) is 0.537. The van der Waals surface area contributed by atoms with Gasteiger partial charge in [-0.2, -0.15) is 0 Å². The van der Waals surface area contributed by atoms with E-state index in [0.717, 1.165) is 0 Å². The second-order valence-corrected chi connectivity index (χ2v) is 16.4. The van der Waals surface area contributed by atoms with Crippen molar-refractivity contribution in [1.29, 1.82) is 0 Å². The fraction of sp³-hybridized carbons (Fsp3) is 1.00. The first-order valence-electron chi connectivity index (χ1n) is 6.49. The Balaban J connectivity index is 2.90. The van der Waals surface area contributed by atoms with Gasteiger partial charge < -0.3 is 4.23 Å². The Morgan fingerprint density at radius 1 is 1.13 bits per heavy atom. The Hall–Kier alpha value is 0.684. The van der Waals surface area contributed by atoms with Crippen molar-refractivity contribution in [2.45, 2.75) is 64.3 Å². The molecular formula is C11H26ClNSi2. The van der Waals surface area contributed by atoms with Gasteiger partial charge in [0.1, 0.15) is 8.24 Å². The van der Waals surface area contributed by atoms with Gasteiger partial charge in [-0.05, 0) is 43.7 Å². The third-order valence-electron chi connectivity index (χ3n) is 4.37. The Morgan fingerprint density at radius 2 is 1.67 bits per heavy atom. The standard InChI is InChI=1S/C11H26ClNSi2/c1-5-15(6-2,7-3)13-10-8-9-11-14(13,4)12/h5-11H2,1-4H3. The van der Waals surface area contributed by atoms with Crippen molar-refractivity contribution >= 4 is 26.9 Å². The van der Waals surface area contributed by atoms with Crippen molar-refractivity contribution in [2.75, 3.05) is 6.54 Å². The first-order chi connectivity index (χ1) is 7.02. The summed E-state index contributed by atoms with van der Waals surface area (Å²) in [6.07, 6.45) is 2.74. The number of nitrogens with zero attached hydrogens (tertiary/aromatic N) is 1. The zero-order chi connectivity index (χ0) is 11.5. The molecule has 15 heavy (non-hydrogen) atoms. The lowest BCUT2D eigenvalue weighted by Crippen LogP contribution is -2.64. The summed E-state index contributed by atoms with van der Waals surface area (Å²) in [4.78, 5) is 0. The predicted molar refractivity (Wildman–Crippen MR) is 75.4 cm³/mol. The van der Waals surface area contributed by atoms with Gasteiger partial charge in [0.25, 0.3) is 0 Å². The van der Waals surface area contributed by atoms with Crippen LogP contribution in [-0.2, 0) is 0 Å². The van der Waals surface area contributed by atoms with Gasteiger partial charge in [0.05, 0.1) is 0 Å². The molecule has 0 amide bonds. The lowest BCUT2D eigenvalue weighted by molar-refractivity contribution is 0.525. The van der Waals surface area contributed by atoms with Crippen LogP contribution in [0, 0.1) is 0 Å². The summed E-state index contributed by atoms with van der Waals surface area (Å²) >= 11 is 6.86. The summed E-state index contributed by atoms with van der Waals surface area (Å²) < 4.78 is 2.85. The second-order valence-electron chi connectivity index (χ2n) is 5.04. The molecule has 0 bridgehead atoms. The fourth-order valence-electron chi connectivity index (χ4n) is 3.14. The number of halogens is 1. The van der Waals surface area contributed by atoms with Crippen LogP contribution in [0.15, 0.2) is 0 Å². The summed E-state index contributed by atoms with van der Waals surface area (Å²) in [7, 11) is -2.74. The van der Waals surface area contributed by atoms with Crippen molar-refractivity contribution in [3.63, 3.8) is 0 Å². The third-order valence-corrected chi connectivity index (χ3v) is 16.8. The van der Waals surface area contributed by atoms with E-state index in [-0.39, 0.29) is 0 Å². The average Bonchev–Trinajstić information content (AvgIpc) is 2.23. The van der Waals surface area contributed by atoms with Gasteiger partial charge >= 0.3 is 0 Å². The Labute approximate surface area is 102 Å². The highest BCUT2D eigenvalue weighted by molar-refractivity contribution is 7.21. The fourth-order valence-corrected chi connectivity index (χ4v) is 16.2. The van der Waals surface area contributed by atoms with Crippen molar-refractivity contribution in [3.8, 4) is 0 Å². The molecule has 1 fully saturated rings. The lowest BCUT2D eigenvalue weighted by Gasteiger charge is -2.50. The minimum atomic E-state index is -1.55. The minimum Gasteiger partial charge on any atom is -0.333 e. The smallest absolute Gasteiger partial charge is 0.219 e. The van der Waals surface area contributed by atoms with Crippen molar-refractivity contribution < 1.29 is 0 Å². The molecule has 0 radical (unpaired) electrons. The van der Waals surface area contributed by atoms with Crippen molar-refractivity contribution in [1.82, 2.24) is 4.23 Å². The Bertz CT molecular complexity index is 196. The molecular weight excluding hydrogens is 238 g/mol. The van der Waals surface area contributed by atoms with Crippen molar-refractivity contribution in [2.24, 2.45) is 0 Å². The molecule has 0 aromatic heterocycles. The molecule has 0 saturated carbocycles. The molecule has 0 N–H and O–H groups in total. The molecule has 1 heterocycles. The van der Waals surface area contributed by atoms with E-state index >= 15 is 0 Å². The summed E-state index contributed by atoms with van der Waals surface area (Å²) in [5.74, 6) is 0. The summed E-state index contributed by atoms with van der Waals surface area (Å²) in [6.45, 7) is 10.8. The maximum absolute atomic E-state index is 6.86. The maximum Gasteiger partial charge on any atom is 0.219 e. The summed E-state index contributed by atoms with van der Waals surface area (Å²) in [6, 6.07) is 5.46. The van der Waals surface area contributed by atoms with E-state index in [1.807, 2.05) is 0 Å². The molecule has 0 aromatic rings. The largest absolute Gasteiger partial charge is 0.333 e. The molecule has 1 unspecified atom stereocenters. The molecule has 1 atom stereocenters. The van der Waals surface area contributed by atoms with Crippen molar-refractivity contribution in [3.05, 3.63) is 0 Å². The molecule has 1 saturated heterocycles. The SMILES string of the molecule is CC[Si](CC)(CC)N1CCCC[Si]1(C)Cl. The zero-order valence-corrected chi connectivity index (χ0v) is 13.5. The lowest BCUT2D eigenvalue weighted by atomic mass is 10.3. The van der Waals surface area contributed by atoms with Crippen LogP contribution < -0.4 is 0 Å². The Kier molecular flexibility index (Phi) is 4.90. The molecule has 0 aromatic carbocycles. The van der Waals surface area contributed by atoms with Crippen LogP contribution in [0.3, 0.4) is 0 Å². The highest BCUT2D eigenvalue weighted by Crippen LogP contribution is 2.37. The van der Waals surface area contributed by atoms with E-state index in [1.165, 1.54) is 43.6 Å². The van der Waals surface area contributed by atoms with Crippen LogP contribution in [-0.4, -0.2) is 26.6 Å². The monoisotopic (exact) mass is 263 g/mol.